The van der Waals surface area contributed by atoms with E-state index in [-0.39, 0.29) is 10.9 Å². The maximum Gasteiger partial charge on any atom is 0.431 e. The fourth-order valence-corrected chi connectivity index (χ4v) is 4.18. The van der Waals surface area contributed by atoms with Crippen LogP contribution in [0.15, 0.2) is 69.2 Å². The van der Waals surface area contributed by atoms with Crippen molar-refractivity contribution in [2.45, 2.75) is 6.18 Å². The van der Waals surface area contributed by atoms with E-state index in [9.17, 15) is 13.2 Å². The Hall–Kier alpha value is -2.52. The first-order chi connectivity index (χ1) is 13.0. The molecule has 0 atom stereocenters. The van der Waals surface area contributed by atoms with Gasteiger partial charge in [0.2, 0.25) is 0 Å². The van der Waals surface area contributed by atoms with Crippen molar-refractivity contribution in [2.24, 2.45) is 10.2 Å². The number of ether oxygens (including phenoxy) is 1. The number of amidine groups is 1. The summed E-state index contributed by atoms with van der Waals surface area (Å²) in [4.78, 5) is 1.73. The van der Waals surface area contributed by atoms with Crippen molar-refractivity contribution in [3.63, 3.8) is 0 Å². The van der Waals surface area contributed by atoms with Gasteiger partial charge < -0.3 is 4.74 Å². The summed E-state index contributed by atoms with van der Waals surface area (Å²) in [6, 6.07) is 10.3. The number of allylic oxidation sites excluding steroid dienone is 2. The Bertz CT molecular complexity index is 974. The number of thioether (sulfide) groups is 1. The molecular formula is C18H12F3N3OS2. The van der Waals surface area contributed by atoms with Crippen molar-refractivity contribution in [1.29, 1.82) is 0 Å². The van der Waals surface area contributed by atoms with Crippen LogP contribution in [0.25, 0.3) is 5.70 Å². The summed E-state index contributed by atoms with van der Waals surface area (Å²) in [6.07, 6.45) is -3.52. The maximum atomic E-state index is 13.9. The molecule has 0 unspecified atom stereocenters. The highest BCUT2D eigenvalue weighted by molar-refractivity contribution is 8.16. The molecule has 2 aliphatic heterocycles. The molecule has 138 valence electrons. The quantitative estimate of drug-likeness (QED) is 0.691. The molecule has 0 radical (unpaired) electrons. The zero-order valence-corrected chi connectivity index (χ0v) is 15.5. The van der Waals surface area contributed by atoms with Gasteiger partial charge in [-0.2, -0.15) is 13.2 Å². The largest absolute Gasteiger partial charge is 0.497 e. The van der Waals surface area contributed by atoms with E-state index >= 15 is 0 Å². The summed E-state index contributed by atoms with van der Waals surface area (Å²) in [5.41, 5.74) is 0.391. The summed E-state index contributed by atoms with van der Waals surface area (Å²) in [5, 5.41) is 11.7. The van der Waals surface area contributed by atoms with Crippen LogP contribution in [0.4, 0.5) is 13.2 Å². The highest BCUT2D eigenvalue weighted by Gasteiger charge is 2.44. The van der Waals surface area contributed by atoms with Crippen molar-refractivity contribution in [3.8, 4) is 5.75 Å². The van der Waals surface area contributed by atoms with Gasteiger partial charge in [0.15, 0.2) is 5.17 Å². The summed E-state index contributed by atoms with van der Waals surface area (Å²) < 4.78 is 46.8. The number of benzene rings is 1. The van der Waals surface area contributed by atoms with Crippen LogP contribution in [0.2, 0.25) is 0 Å². The lowest BCUT2D eigenvalue weighted by Gasteiger charge is -2.25. The van der Waals surface area contributed by atoms with E-state index in [0.717, 1.165) is 22.7 Å². The topological polar surface area (TPSA) is 37.2 Å². The molecule has 2 aliphatic rings. The fourth-order valence-electron chi connectivity index (χ4n) is 2.65. The van der Waals surface area contributed by atoms with Crippen LogP contribution in [0.5, 0.6) is 5.75 Å². The second-order valence-corrected chi connectivity index (χ2v) is 7.34. The highest BCUT2D eigenvalue weighted by atomic mass is 32.2. The average Bonchev–Trinajstić information content (AvgIpc) is 3.28. The Morgan fingerprint density at radius 1 is 1.07 bits per heavy atom. The lowest BCUT2D eigenvalue weighted by atomic mass is 10.1. The molecule has 0 aliphatic carbocycles. The minimum atomic E-state index is -4.57. The standard InChI is InChI=1S/C18H12F3N3OS2/c1-25-12-6-4-11(5-7-12)14-10-27-17-23-22-13(15-3-2-8-26-15)9-16(24(14)17)18(19,20)21/h2-10H,1H3. The van der Waals surface area contributed by atoms with Gasteiger partial charge in [-0.25, -0.2) is 0 Å². The van der Waals surface area contributed by atoms with E-state index in [1.807, 2.05) is 0 Å². The predicted molar refractivity (Wildman–Crippen MR) is 103 cm³/mol. The number of methoxy groups -OCH3 is 1. The van der Waals surface area contributed by atoms with Crippen LogP contribution >= 0.6 is 23.1 Å². The first-order valence-electron chi connectivity index (χ1n) is 7.77. The summed E-state index contributed by atoms with van der Waals surface area (Å²) >= 11 is 2.42. The van der Waals surface area contributed by atoms with E-state index in [2.05, 4.69) is 10.2 Å². The summed E-state index contributed by atoms with van der Waals surface area (Å²) in [6.45, 7) is 0. The SMILES string of the molecule is COc1ccc(C2=CSC3=NN=C(c4cccs4)C=C(C(F)(F)F)N23)cc1. The zero-order chi connectivity index (χ0) is 19.0. The molecular weight excluding hydrogens is 395 g/mol. The van der Waals surface area contributed by atoms with E-state index in [4.69, 9.17) is 4.74 Å². The normalized spacial score (nSPS) is 16.8. The molecule has 0 N–H and O–H groups in total. The minimum absolute atomic E-state index is 0.163. The maximum absolute atomic E-state index is 13.9. The molecule has 1 aromatic carbocycles. The molecule has 4 rings (SSSR count). The third kappa shape index (κ3) is 3.40. The molecule has 1 aromatic heterocycles. The molecule has 0 saturated carbocycles. The Morgan fingerprint density at radius 2 is 1.85 bits per heavy atom. The van der Waals surface area contributed by atoms with E-state index < -0.39 is 11.9 Å². The second kappa shape index (κ2) is 6.90. The van der Waals surface area contributed by atoms with Crippen molar-refractivity contribution < 1.29 is 17.9 Å². The molecule has 0 amide bonds. The molecule has 4 nitrogen and oxygen atoms in total. The number of alkyl halides is 3. The number of hydrogen-bond acceptors (Lipinski definition) is 6. The average molecular weight is 407 g/mol. The molecule has 3 heterocycles. The van der Waals surface area contributed by atoms with Crippen molar-refractivity contribution in [1.82, 2.24) is 4.90 Å². The van der Waals surface area contributed by atoms with Gasteiger partial charge in [-0.05, 0) is 47.4 Å². The van der Waals surface area contributed by atoms with E-state index in [0.29, 0.717) is 21.9 Å². The second-order valence-electron chi connectivity index (χ2n) is 5.56. The molecule has 2 aromatic rings. The van der Waals surface area contributed by atoms with Crippen LogP contribution in [0, 0.1) is 0 Å². The summed E-state index contributed by atoms with van der Waals surface area (Å²) in [7, 11) is 1.53. The van der Waals surface area contributed by atoms with Gasteiger partial charge in [-0.15, -0.1) is 21.5 Å². The molecule has 0 bridgehead atoms. The number of rotatable bonds is 3. The number of fused-ring (bicyclic) bond motifs is 1. The molecule has 0 spiro atoms. The zero-order valence-electron chi connectivity index (χ0n) is 13.9. The highest BCUT2D eigenvalue weighted by Crippen LogP contribution is 2.43. The molecule has 27 heavy (non-hydrogen) atoms. The van der Waals surface area contributed by atoms with Crippen LogP contribution < -0.4 is 4.74 Å². The van der Waals surface area contributed by atoms with Gasteiger partial charge in [-0.1, -0.05) is 17.8 Å². The Kier molecular flexibility index (Phi) is 4.56. The smallest absolute Gasteiger partial charge is 0.431 e. The Morgan fingerprint density at radius 3 is 2.48 bits per heavy atom. The first kappa shape index (κ1) is 17.9. The molecule has 0 fully saturated rings. The predicted octanol–water partition coefficient (Wildman–Crippen LogP) is 5.32. The Balaban J connectivity index is 1.79. The number of thiophene rings is 1. The summed E-state index contributed by atoms with van der Waals surface area (Å²) in [5.74, 6) is 0.629. The van der Waals surface area contributed by atoms with Crippen molar-refractivity contribution >= 4 is 39.7 Å². The van der Waals surface area contributed by atoms with Crippen molar-refractivity contribution in [2.75, 3.05) is 7.11 Å². The van der Waals surface area contributed by atoms with E-state index in [1.165, 1.54) is 18.4 Å². The van der Waals surface area contributed by atoms with Gasteiger partial charge in [0, 0.05) is 5.41 Å². The van der Waals surface area contributed by atoms with Gasteiger partial charge in [-0.3, -0.25) is 4.90 Å². The lowest BCUT2D eigenvalue weighted by Crippen LogP contribution is -2.31. The lowest BCUT2D eigenvalue weighted by molar-refractivity contribution is -0.102. The molecule has 9 heteroatoms. The van der Waals surface area contributed by atoms with Crippen LogP contribution in [-0.2, 0) is 0 Å². The molecule has 0 saturated heterocycles. The van der Waals surface area contributed by atoms with Gasteiger partial charge in [0.25, 0.3) is 0 Å². The van der Waals surface area contributed by atoms with Gasteiger partial charge >= 0.3 is 6.18 Å². The van der Waals surface area contributed by atoms with Crippen LogP contribution in [-0.4, -0.2) is 29.1 Å². The minimum Gasteiger partial charge on any atom is -0.497 e. The number of halogens is 3. The fraction of sp³-hybridized carbons (Fsp3) is 0.111. The van der Waals surface area contributed by atoms with Crippen LogP contribution in [0.3, 0.4) is 0 Å². The number of nitrogens with zero attached hydrogens (tertiary/aromatic N) is 3. The monoisotopic (exact) mass is 407 g/mol. The third-order valence-corrected chi connectivity index (χ3v) is 5.62. The first-order valence-corrected chi connectivity index (χ1v) is 9.53. The van der Waals surface area contributed by atoms with Crippen LogP contribution in [0.1, 0.15) is 10.4 Å². The number of hydrogen-bond donors (Lipinski definition) is 0. The van der Waals surface area contributed by atoms with Crippen molar-refractivity contribution in [3.05, 3.63) is 69.4 Å². The Labute approximate surface area is 161 Å². The van der Waals surface area contributed by atoms with E-state index in [1.54, 1.807) is 47.2 Å². The third-order valence-electron chi connectivity index (χ3n) is 3.92. The van der Waals surface area contributed by atoms with Gasteiger partial charge in [0.05, 0.1) is 17.7 Å². The van der Waals surface area contributed by atoms with Gasteiger partial charge in [0.1, 0.15) is 17.2 Å².